The quantitative estimate of drug-likeness (QED) is 0.879. The van der Waals surface area contributed by atoms with Gasteiger partial charge in [-0.25, -0.2) is 9.97 Å². The van der Waals surface area contributed by atoms with E-state index in [-0.39, 0.29) is 5.91 Å². The zero-order valence-corrected chi connectivity index (χ0v) is 12.3. The first kappa shape index (κ1) is 14.3. The van der Waals surface area contributed by atoms with Gasteiger partial charge in [-0.05, 0) is 17.5 Å². The summed E-state index contributed by atoms with van der Waals surface area (Å²) in [5.41, 5.74) is 2.95. The summed E-state index contributed by atoms with van der Waals surface area (Å²) in [5.74, 6) is 0.578. The van der Waals surface area contributed by atoms with Crippen LogP contribution in [0.15, 0.2) is 49.3 Å². The largest absolute Gasteiger partial charge is 0.366 e. The van der Waals surface area contributed by atoms with Crippen molar-refractivity contribution in [2.45, 2.75) is 13.0 Å². The molecule has 1 N–H and O–H groups in total. The van der Waals surface area contributed by atoms with Gasteiger partial charge in [0.1, 0.15) is 17.8 Å². The fourth-order valence-electron chi connectivity index (χ4n) is 2.58. The molecule has 5 heteroatoms. The van der Waals surface area contributed by atoms with Crippen molar-refractivity contribution in [3.8, 4) is 0 Å². The highest BCUT2D eigenvalue weighted by molar-refractivity contribution is 5.93. The van der Waals surface area contributed by atoms with Gasteiger partial charge >= 0.3 is 0 Å². The summed E-state index contributed by atoms with van der Waals surface area (Å²) in [6.45, 7) is 5.60. The molecule has 0 bridgehead atoms. The molecular formula is C17H18N4O. The van der Waals surface area contributed by atoms with Crippen LogP contribution in [0.2, 0.25) is 0 Å². The zero-order valence-electron chi connectivity index (χ0n) is 12.3. The van der Waals surface area contributed by atoms with Gasteiger partial charge in [-0.1, -0.05) is 30.3 Å². The first-order valence-corrected chi connectivity index (χ1v) is 7.31. The fraction of sp³-hybridized carbons (Fsp3) is 0.235. The Morgan fingerprint density at radius 1 is 1.32 bits per heavy atom. The maximum absolute atomic E-state index is 12.6. The smallest absolute Gasteiger partial charge is 0.272 e. The topological polar surface area (TPSA) is 58.1 Å². The zero-order chi connectivity index (χ0) is 15.4. The van der Waals surface area contributed by atoms with Crippen molar-refractivity contribution in [1.29, 1.82) is 0 Å². The lowest BCUT2D eigenvalue weighted by Crippen LogP contribution is -2.36. The van der Waals surface area contributed by atoms with Gasteiger partial charge in [-0.15, -0.1) is 6.58 Å². The molecule has 0 atom stereocenters. The predicted octanol–water partition coefficient (Wildman–Crippen LogP) is 2.27. The Morgan fingerprint density at radius 3 is 2.95 bits per heavy atom. The standard InChI is InChI=1S/C17H18N4O/c1-2-8-18-16-10-15(19-12-20-16)17(22)21-9-7-13-5-3-4-6-14(13)11-21/h2-6,10,12H,1,7-9,11H2,(H,18,19,20). The van der Waals surface area contributed by atoms with E-state index in [9.17, 15) is 4.79 Å². The maximum atomic E-state index is 12.6. The van der Waals surface area contributed by atoms with Crippen molar-refractivity contribution in [3.63, 3.8) is 0 Å². The summed E-state index contributed by atoms with van der Waals surface area (Å²) in [4.78, 5) is 22.7. The molecule has 2 aromatic rings. The number of fused-ring (bicyclic) bond motifs is 1. The van der Waals surface area contributed by atoms with Crippen LogP contribution >= 0.6 is 0 Å². The molecule has 5 nitrogen and oxygen atoms in total. The van der Waals surface area contributed by atoms with Gasteiger partial charge in [0.05, 0.1) is 0 Å². The average Bonchev–Trinajstić information content (AvgIpc) is 2.59. The second-order valence-electron chi connectivity index (χ2n) is 5.20. The van der Waals surface area contributed by atoms with E-state index >= 15 is 0 Å². The van der Waals surface area contributed by atoms with E-state index in [4.69, 9.17) is 0 Å². The van der Waals surface area contributed by atoms with Crippen LogP contribution in [0, 0.1) is 0 Å². The molecule has 0 unspecified atom stereocenters. The van der Waals surface area contributed by atoms with Crippen molar-refractivity contribution in [3.05, 3.63) is 66.1 Å². The van der Waals surface area contributed by atoms with Crippen LogP contribution in [0.4, 0.5) is 5.82 Å². The van der Waals surface area contributed by atoms with Crippen LogP contribution in [-0.2, 0) is 13.0 Å². The molecule has 1 amide bonds. The van der Waals surface area contributed by atoms with Crippen molar-refractivity contribution in [2.75, 3.05) is 18.4 Å². The SMILES string of the molecule is C=CCNc1cc(C(=O)N2CCc3ccccc3C2)ncn1. The lowest BCUT2D eigenvalue weighted by molar-refractivity contribution is 0.0728. The highest BCUT2D eigenvalue weighted by Crippen LogP contribution is 2.20. The summed E-state index contributed by atoms with van der Waals surface area (Å²) >= 11 is 0. The van der Waals surface area contributed by atoms with E-state index in [1.54, 1.807) is 12.1 Å². The van der Waals surface area contributed by atoms with Crippen LogP contribution in [0.3, 0.4) is 0 Å². The Labute approximate surface area is 129 Å². The molecule has 0 aliphatic carbocycles. The number of aromatic nitrogens is 2. The number of hydrogen-bond acceptors (Lipinski definition) is 4. The van der Waals surface area contributed by atoms with Crippen molar-refractivity contribution < 1.29 is 4.79 Å². The lowest BCUT2D eigenvalue weighted by Gasteiger charge is -2.28. The highest BCUT2D eigenvalue weighted by Gasteiger charge is 2.22. The molecule has 0 saturated heterocycles. The van der Waals surface area contributed by atoms with Crippen molar-refractivity contribution in [2.24, 2.45) is 0 Å². The highest BCUT2D eigenvalue weighted by atomic mass is 16.2. The van der Waals surface area contributed by atoms with Crippen molar-refractivity contribution >= 4 is 11.7 Å². The van der Waals surface area contributed by atoms with E-state index in [0.717, 1.165) is 13.0 Å². The molecule has 22 heavy (non-hydrogen) atoms. The normalized spacial score (nSPS) is 13.4. The molecule has 0 fully saturated rings. The summed E-state index contributed by atoms with van der Waals surface area (Å²) in [5, 5.41) is 3.07. The van der Waals surface area contributed by atoms with E-state index in [0.29, 0.717) is 24.6 Å². The first-order valence-electron chi connectivity index (χ1n) is 7.31. The summed E-state index contributed by atoms with van der Waals surface area (Å²) in [7, 11) is 0. The van der Waals surface area contributed by atoms with E-state index in [1.165, 1.54) is 17.5 Å². The Hall–Kier alpha value is -2.69. The second-order valence-corrected chi connectivity index (χ2v) is 5.20. The van der Waals surface area contributed by atoms with Crippen molar-refractivity contribution in [1.82, 2.24) is 14.9 Å². The monoisotopic (exact) mass is 294 g/mol. The molecule has 1 aliphatic heterocycles. The summed E-state index contributed by atoms with van der Waals surface area (Å²) in [6.07, 6.45) is 4.04. The minimum atomic E-state index is -0.0569. The molecule has 1 aromatic heterocycles. The molecule has 3 rings (SSSR count). The number of anilines is 1. The Kier molecular flexibility index (Phi) is 4.14. The Morgan fingerprint density at radius 2 is 2.14 bits per heavy atom. The van der Waals surface area contributed by atoms with Crippen LogP contribution in [0.5, 0.6) is 0 Å². The van der Waals surface area contributed by atoms with E-state index < -0.39 is 0 Å². The van der Waals surface area contributed by atoms with Crippen LogP contribution in [-0.4, -0.2) is 33.9 Å². The third-order valence-electron chi connectivity index (χ3n) is 3.73. The number of carbonyl (C=O) groups is 1. The summed E-state index contributed by atoms with van der Waals surface area (Å²) < 4.78 is 0. The molecular weight excluding hydrogens is 276 g/mol. The number of nitrogens with one attached hydrogen (secondary N) is 1. The molecule has 0 saturated carbocycles. The number of carbonyl (C=O) groups excluding carboxylic acids is 1. The van der Waals surface area contributed by atoms with Gasteiger partial charge in [0.15, 0.2) is 0 Å². The number of amides is 1. The van der Waals surface area contributed by atoms with Gasteiger partial charge in [0.2, 0.25) is 0 Å². The summed E-state index contributed by atoms with van der Waals surface area (Å²) in [6, 6.07) is 9.93. The Balaban J connectivity index is 1.76. The molecule has 0 radical (unpaired) electrons. The maximum Gasteiger partial charge on any atom is 0.272 e. The third-order valence-corrected chi connectivity index (χ3v) is 3.73. The minimum Gasteiger partial charge on any atom is -0.366 e. The fourth-order valence-corrected chi connectivity index (χ4v) is 2.58. The number of rotatable bonds is 4. The number of nitrogens with zero attached hydrogens (tertiary/aromatic N) is 3. The van der Waals surface area contributed by atoms with E-state index in [2.05, 4.69) is 34.0 Å². The van der Waals surface area contributed by atoms with Crippen LogP contribution in [0.25, 0.3) is 0 Å². The minimum absolute atomic E-state index is 0.0569. The second kappa shape index (κ2) is 6.39. The van der Waals surface area contributed by atoms with Gasteiger partial charge in [0, 0.05) is 25.7 Å². The van der Waals surface area contributed by atoms with Crippen LogP contribution in [0.1, 0.15) is 21.6 Å². The Bertz CT molecular complexity index is 699. The molecule has 2 heterocycles. The molecule has 0 spiro atoms. The van der Waals surface area contributed by atoms with E-state index in [1.807, 2.05) is 17.0 Å². The van der Waals surface area contributed by atoms with Gasteiger partial charge in [0.25, 0.3) is 5.91 Å². The average molecular weight is 294 g/mol. The lowest BCUT2D eigenvalue weighted by atomic mass is 10.00. The van der Waals surface area contributed by atoms with Gasteiger partial charge in [-0.2, -0.15) is 0 Å². The number of benzene rings is 1. The predicted molar refractivity (Wildman–Crippen MR) is 85.6 cm³/mol. The van der Waals surface area contributed by atoms with Gasteiger partial charge in [-0.3, -0.25) is 4.79 Å². The first-order chi connectivity index (χ1) is 10.8. The van der Waals surface area contributed by atoms with Gasteiger partial charge < -0.3 is 10.2 Å². The molecule has 112 valence electrons. The molecule has 1 aromatic carbocycles. The third kappa shape index (κ3) is 2.98. The van der Waals surface area contributed by atoms with Crippen LogP contribution < -0.4 is 5.32 Å². The molecule has 1 aliphatic rings. The number of hydrogen-bond donors (Lipinski definition) is 1.